The van der Waals surface area contributed by atoms with E-state index in [-0.39, 0.29) is 10.9 Å². The molecule has 110 valence electrons. The summed E-state index contributed by atoms with van der Waals surface area (Å²) in [5.41, 5.74) is 5.80. The fourth-order valence-electron chi connectivity index (χ4n) is 1.69. The predicted molar refractivity (Wildman–Crippen MR) is 80.5 cm³/mol. The highest BCUT2D eigenvalue weighted by molar-refractivity contribution is 8.13. The molecule has 0 heterocycles. The number of halogens is 3. The first-order valence-electron chi connectivity index (χ1n) is 6.14. The van der Waals surface area contributed by atoms with E-state index in [9.17, 15) is 13.2 Å². The molecule has 2 aromatic rings. The second-order valence-electron chi connectivity index (χ2n) is 4.24. The fraction of sp³-hybridized carbons (Fsp3) is 0.133. The van der Waals surface area contributed by atoms with Gasteiger partial charge in [0.15, 0.2) is 5.17 Å². The van der Waals surface area contributed by atoms with Crippen molar-refractivity contribution in [3.8, 4) is 0 Å². The lowest BCUT2D eigenvalue weighted by molar-refractivity contribution is -0.137. The summed E-state index contributed by atoms with van der Waals surface area (Å²) in [5, 5.41) is 0.107. The molecule has 2 N–H and O–H groups in total. The van der Waals surface area contributed by atoms with E-state index >= 15 is 0 Å². The van der Waals surface area contributed by atoms with Crippen LogP contribution in [0, 0.1) is 0 Å². The highest BCUT2D eigenvalue weighted by Crippen LogP contribution is 2.36. The lowest BCUT2D eigenvalue weighted by atomic mass is 10.2. The Kier molecular flexibility index (Phi) is 4.90. The van der Waals surface area contributed by atoms with Crippen LogP contribution in [0.5, 0.6) is 0 Å². The maximum Gasteiger partial charge on any atom is 0.418 e. The van der Waals surface area contributed by atoms with Gasteiger partial charge in [-0.2, -0.15) is 13.2 Å². The molecule has 0 amide bonds. The Labute approximate surface area is 124 Å². The third kappa shape index (κ3) is 4.53. The van der Waals surface area contributed by atoms with Gasteiger partial charge in [-0.15, -0.1) is 0 Å². The smallest absolute Gasteiger partial charge is 0.378 e. The van der Waals surface area contributed by atoms with Crippen molar-refractivity contribution in [2.24, 2.45) is 10.7 Å². The van der Waals surface area contributed by atoms with Crippen molar-refractivity contribution < 1.29 is 13.2 Å². The standard InChI is InChI=1S/C15H13F3N2S/c16-15(17,18)12-8-4-5-9-13(12)20-14(19)21-10-11-6-2-1-3-7-11/h1-9H,10H2,(H2,19,20). The van der Waals surface area contributed by atoms with E-state index in [1.54, 1.807) is 0 Å². The first kappa shape index (κ1) is 15.4. The zero-order valence-corrected chi connectivity index (χ0v) is 11.8. The Bertz CT molecular complexity index is 624. The number of hydrogen-bond donors (Lipinski definition) is 1. The number of benzene rings is 2. The zero-order chi connectivity index (χ0) is 15.3. The van der Waals surface area contributed by atoms with Gasteiger partial charge in [0.2, 0.25) is 0 Å². The third-order valence-electron chi connectivity index (χ3n) is 2.67. The summed E-state index contributed by atoms with van der Waals surface area (Å²) in [4.78, 5) is 3.88. The molecule has 0 aromatic heterocycles. The van der Waals surface area contributed by atoms with Crippen LogP contribution in [0.3, 0.4) is 0 Å². The molecule has 21 heavy (non-hydrogen) atoms. The summed E-state index contributed by atoms with van der Waals surface area (Å²) in [5.74, 6) is 0.560. The van der Waals surface area contributed by atoms with Crippen LogP contribution in [0.15, 0.2) is 59.6 Å². The van der Waals surface area contributed by atoms with Gasteiger partial charge in [-0.3, -0.25) is 0 Å². The second kappa shape index (κ2) is 6.67. The molecular weight excluding hydrogens is 297 g/mol. The molecule has 2 aromatic carbocycles. The highest BCUT2D eigenvalue weighted by Gasteiger charge is 2.33. The maximum absolute atomic E-state index is 12.8. The van der Waals surface area contributed by atoms with Crippen molar-refractivity contribution in [2.75, 3.05) is 0 Å². The van der Waals surface area contributed by atoms with Crippen molar-refractivity contribution in [3.05, 3.63) is 65.7 Å². The van der Waals surface area contributed by atoms with Crippen LogP contribution in [0.2, 0.25) is 0 Å². The molecule has 0 aliphatic rings. The molecule has 2 rings (SSSR count). The summed E-state index contributed by atoms with van der Waals surface area (Å²) in [6.45, 7) is 0. The van der Waals surface area contributed by atoms with Crippen LogP contribution in [0.1, 0.15) is 11.1 Å². The normalized spacial score (nSPS) is 12.4. The number of para-hydroxylation sites is 1. The van der Waals surface area contributed by atoms with Crippen molar-refractivity contribution in [2.45, 2.75) is 11.9 Å². The summed E-state index contributed by atoms with van der Waals surface area (Å²) in [6, 6.07) is 14.6. The zero-order valence-electron chi connectivity index (χ0n) is 11.0. The Morgan fingerprint density at radius 2 is 1.62 bits per heavy atom. The second-order valence-corrected chi connectivity index (χ2v) is 5.23. The highest BCUT2D eigenvalue weighted by atomic mass is 32.2. The maximum atomic E-state index is 12.8. The summed E-state index contributed by atoms with van der Waals surface area (Å²) >= 11 is 1.20. The van der Waals surface area contributed by atoms with E-state index in [1.807, 2.05) is 30.3 Å². The van der Waals surface area contributed by atoms with Crippen molar-refractivity contribution >= 4 is 22.6 Å². The van der Waals surface area contributed by atoms with Crippen LogP contribution in [0.4, 0.5) is 18.9 Å². The average Bonchev–Trinajstić information content (AvgIpc) is 2.46. The molecule has 0 bridgehead atoms. The number of amidine groups is 1. The Morgan fingerprint density at radius 3 is 2.29 bits per heavy atom. The van der Waals surface area contributed by atoms with E-state index < -0.39 is 11.7 Å². The van der Waals surface area contributed by atoms with Gasteiger partial charge in [-0.1, -0.05) is 54.2 Å². The lowest BCUT2D eigenvalue weighted by Crippen LogP contribution is -2.09. The molecule has 0 fully saturated rings. The largest absolute Gasteiger partial charge is 0.418 e. The van der Waals surface area contributed by atoms with E-state index in [2.05, 4.69) is 4.99 Å². The SMILES string of the molecule is NC(=Nc1ccccc1C(F)(F)F)SCc1ccccc1. The number of nitrogens with zero attached hydrogens (tertiary/aromatic N) is 1. The molecule has 0 aliphatic heterocycles. The first-order chi connectivity index (χ1) is 9.97. The van der Waals surface area contributed by atoms with E-state index in [0.717, 1.165) is 11.6 Å². The van der Waals surface area contributed by atoms with E-state index in [1.165, 1.54) is 30.0 Å². The van der Waals surface area contributed by atoms with Crippen LogP contribution >= 0.6 is 11.8 Å². The molecule has 0 unspecified atom stereocenters. The molecule has 0 aliphatic carbocycles. The number of aliphatic imine (C=N–C) groups is 1. The number of hydrogen-bond acceptors (Lipinski definition) is 2. The van der Waals surface area contributed by atoms with Gasteiger partial charge < -0.3 is 5.73 Å². The van der Waals surface area contributed by atoms with Crippen molar-refractivity contribution in [3.63, 3.8) is 0 Å². The molecule has 0 radical (unpaired) electrons. The first-order valence-corrected chi connectivity index (χ1v) is 7.12. The topological polar surface area (TPSA) is 38.4 Å². The molecule has 0 saturated carbocycles. The van der Waals surface area contributed by atoms with Gasteiger partial charge >= 0.3 is 6.18 Å². The monoisotopic (exact) mass is 310 g/mol. The van der Waals surface area contributed by atoms with Crippen LogP contribution < -0.4 is 5.73 Å². The lowest BCUT2D eigenvalue weighted by Gasteiger charge is -2.09. The predicted octanol–water partition coefficient (Wildman–Crippen LogP) is 4.59. The fourth-order valence-corrected chi connectivity index (χ4v) is 2.36. The van der Waals surface area contributed by atoms with E-state index in [0.29, 0.717) is 5.75 Å². The summed E-state index contributed by atoms with van der Waals surface area (Å²) in [7, 11) is 0. The molecule has 0 saturated heterocycles. The van der Waals surface area contributed by atoms with Gasteiger partial charge in [0, 0.05) is 5.75 Å². The van der Waals surface area contributed by atoms with Crippen LogP contribution in [0.25, 0.3) is 0 Å². The minimum Gasteiger partial charge on any atom is -0.378 e. The van der Waals surface area contributed by atoms with Gasteiger partial charge in [-0.25, -0.2) is 4.99 Å². The minimum atomic E-state index is -4.44. The number of nitrogens with two attached hydrogens (primary N) is 1. The third-order valence-corrected chi connectivity index (χ3v) is 3.53. The van der Waals surface area contributed by atoms with Crippen molar-refractivity contribution in [1.29, 1.82) is 0 Å². The van der Waals surface area contributed by atoms with Gasteiger partial charge in [0.05, 0.1) is 11.3 Å². The molecule has 6 heteroatoms. The van der Waals surface area contributed by atoms with Gasteiger partial charge in [-0.05, 0) is 17.7 Å². The average molecular weight is 310 g/mol. The minimum absolute atomic E-state index is 0.107. The Hall–Kier alpha value is -1.95. The van der Waals surface area contributed by atoms with E-state index in [4.69, 9.17) is 5.73 Å². The Morgan fingerprint density at radius 1 is 1.00 bits per heavy atom. The number of rotatable bonds is 3. The molecule has 0 atom stereocenters. The van der Waals surface area contributed by atoms with Crippen molar-refractivity contribution in [1.82, 2.24) is 0 Å². The summed E-state index contributed by atoms with van der Waals surface area (Å²) < 4.78 is 38.5. The van der Waals surface area contributed by atoms with Gasteiger partial charge in [0.1, 0.15) is 0 Å². The number of thioether (sulfide) groups is 1. The van der Waals surface area contributed by atoms with Crippen LogP contribution in [-0.2, 0) is 11.9 Å². The molecule has 0 spiro atoms. The Balaban J connectivity index is 2.12. The molecule has 2 nitrogen and oxygen atoms in total. The summed E-state index contributed by atoms with van der Waals surface area (Å²) in [6.07, 6.45) is -4.44. The quantitative estimate of drug-likeness (QED) is 0.665. The number of alkyl halides is 3. The molecular formula is C15H13F3N2S. The van der Waals surface area contributed by atoms with Crippen LogP contribution in [-0.4, -0.2) is 5.17 Å². The van der Waals surface area contributed by atoms with Gasteiger partial charge in [0.25, 0.3) is 0 Å².